The Morgan fingerprint density at radius 1 is 1.07 bits per heavy atom. The summed E-state index contributed by atoms with van der Waals surface area (Å²) in [5, 5.41) is 3.69. The van der Waals surface area contributed by atoms with E-state index < -0.39 is 11.6 Å². The third-order valence-electron chi connectivity index (χ3n) is 5.04. The van der Waals surface area contributed by atoms with Gasteiger partial charge in [-0.3, -0.25) is 0 Å². The predicted molar refractivity (Wildman–Crippen MR) is 118 cm³/mol. The molecule has 2 aromatic rings. The summed E-state index contributed by atoms with van der Waals surface area (Å²) in [6, 6.07) is 11.1. The van der Waals surface area contributed by atoms with Gasteiger partial charge in [-0.05, 0) is 91.9 Å². The molecule has 29 heavy (non-hydrogen) atoms. The molecule has 0 saturated carbocycles. The summed E-state index contributed by atoms with van der Waals surface area (Å²) in [6.07, 6.45) is 6.01. The number of benzene rings is 2. The molecule has 0 amide bonds. The lowest BCUT2D eigenvalue weighted by atomic mass is 9.83. The molecule has 160 valence electrons. The smallest absolute Gasteiger partial charge is 0.126 e. The van der Waals surface area contributed by atoms with Gasteiger partial charge in [0.05, 0.1) is 0 Å². The van der Waals surface area contributed by atoms with Crippen LogP contribution in [0.3, 0.4) is 0 Å². The Kier molecular flexibility index (Phi) is 8.79. The molecule has 2 aromatic carbocycles. The standard InChI is InChI=1S/C18H30N2.C7H6F2/c1-18(2,3)13-14-8-9-15-6-4-7-17(16(15)12-14)20-11-5-10-19;1-5-2-6(8)4-7(9)3-5/h8-9,12,17,20H,4-7,10-11,13,19H2,1-3H3;2-4H,1H3. The highest BCUT2D eigenvalue weighted by molar-refractivity contribution is 5.36. The lowest BCUT2D eigenvalue weighted by Gasteiger charge is -2.28. The average molecular weight is 403 g/mol. The minimum atomic E-state index is -0.521. The average Bonchev–Trinajstić information content (AvgIpc) is 2.60. The van der Waals surface area contributed by atoms with Gasteiger partial charge >= 0.3 is 0 Å². The molecule has 2 nitrogen and oxygen atoms in total. The van der Waals surface area contributed by atoms with E-state index in [1.165, 1.54) is 42.5 Å². The Hall–Kier alpha value is -1.78. The van der Waals surface area contributed by atoms with Crippen LogP contribution in [0.5, 0.6) is 0 Å². The summed E-state index contributed by atoms with van der Waals surface area (Å²) in [5.41, 5.74) is 11.1. The maximum absolute atomic E-state index is 12.2. The molecule has 0 aliphatic heterocycles. The highest BCUT2D eigenvalue weighted by Gasteiger charge is 2.21. The number of hydrogen-bond acceptors (Lipinski definition) is 2. The summed E-state index contributed by atoms with van der Waals surface area (Å²) in [4.78, 5) is 0. The Balaban J connectivity index is 0.000000278. The van der Waals surface area contributed by atoms with Gasteiger partial charge < -0.3 is 11.1 Å². The van der Waals surface area contributed by atoms with Crippen molar-refractivity contribution in [2.24, 2.45) is 11.1 Å². The Morgan fingerprint density at radius 3 is 2.34 bits per heavy atom. The second kappa shape index (κ2) is 10.8. The van der Waals surface area contributed by atoms with Crippen molar-refractivity contribution in [1.82, 2.24) is 5.32 Å². The van der Waals surface area contributed by atoms with Crippen molar-refractivity contribution in [1.29, 1.82) is 0 Å². The summed E-state index contributed by atoms with van der Waals surface area (Å²) in [5.74, 6) is -1.04. The van der Waals surface area contributed by atoms with E-state index in [-0.39, 0.29) is 0 Å². The fourth-order valence-corrected chi connectivity index (χ4v) is 3.85. The van der Waals surface area contributed by atoms with E-state index in [2.05, 4.69) is 44.3 Å². The number of nitrogens with two attached hydrogens (primary N) is 1. The van der Waals surface area contributed by atoms with Gasteiger partial charge in [0.25, 0.3) is 0 Å². The van der Waals surface area contributed by atoms with Gasteiger partial charge in [-0.15, -0.1) is 0 Å². The van der Waals surface area contributed by atoms with E-state index in [4.69, 9.17) is 5.73 Å². The summed E-state index contributed by atoms with van der Waals surface area (Å²) >= 11 is 0. The first-order chi connectivity index (χ1) is 13.7. The molecule has 0 radical (unpaired) electrons. The van der Waals surface area contributed by atoms with Gasteiger partial charge in [0, 0.05) is 12.1 Å². The molecular formula is C25H36F2N2. The van der Waals surface area contributed by atoms with Gasteiger partial charge in [0.15, 0.2) is 0 Å². The van der Waals surface area contributed by atoms with Crippen molar-refractivity contribution in [3.63, 3.8) is 0 Å². The summed E-state index contributed by atoms with van der Waals surface area (Å²) < 4.78 is 24.4. The van der Waals surface area contributed by atoms with Crippen LogP contribution < -0.4 is 11.1 Å². The second-order valence-electron chi connectivity index (χ2n) is 9.26. The third kappa shape index (κ3) is 8.23. The van der Waals surface area contributed by atoms with Crippen LogP contribution >= 0.6 is 0 Å². The molecule has 0 fully saturated rings. The van der Waals surface area contributed by atoms with Crippen LogP contribution in [0.1, 0.15) is 68.3 Å². The first kappa shape index (κ1) is 23.5. The molecule has 1 unspecified atom stereocenters. The normalized spacial score (nSPS) is 16.0. The molecule has 0 heterocycles. The van der Waals surface area contributed by atoms with Crippen LogP contribution in [-0.4, -0.2) is 13.1 Å². The second-order valence-corrected chi connectivity index (χ2v) is 9.26. The monoisotopic (exact) mass is 402 g/mol. The molecule has 0 aromatic heterocycles. The fraction of sp³-hybridized carbons (Fsp3) is 0.520. The molecule has 3 rings (SSSR count). The first-order valence-electron chi connectivity index (χ1n) is 10.7. The molecular weight excluding hydrogens is 366 g/mol. The molecule has 0 bridgehead atoms. The number of aryl methyl sites for hydroxylation is 2. The molecule has 4 heteroatoms. The lowest BCUT2D eigenvalue weighted by molar-refractivity contribution is 0.409. The van der Waals surface area contributed by atoms with Crippen molar-refractivity contribution in [2.75, 3.05) is 13.1 Å². The Bertz CT molecular complexity index is 730. The zero-order chi connectivity index (χ0) is 21.4. The highest BCUT2D eigenvalue weighted by atomic mass is 19.1. The number of hydrogen-bond donors (Lipinski definition) is 2. The van der Waals surface area contributed by atoms with Crippen LogP contribution in [0.2, 0.25) is 0 Å². The predicted octanol–water partition coefficient (Wildman–Crippen LogP) is 5.86. The minimum Gasteiger partial charge on any atom is -0.330 e. The van der Waals surface area contributed by atoms with Gasteiger partial charge in [-0.25, -0.2) is 8.78 Å². The van der Waals surface area contributed by atoms with E-state index in [9.17, 15) is 8.78 Å². The van der Waals surface area contributed by atoms with Gasteiger partial charge in [0.2, 0.25) is 0 Å². The Morgan fingerprint density at radius 2 is 1.76 bits per heavy atom. The van der Waals surface area contributed by atoms with E-state index >= 15 is 0 Å². The number of fused-ring (bicyclic) bond motifs is 1. The number of halogens is 2. The van der Waals surface area contributed by atoms with Crippen molar-refractivity contribution in [2.45, 2.75) is 65.8 Å². The molecule has 0 spiro atoms. The van der Waals surface area contributed by atoms with Crippen molar-refractivity contribution in [3.8, 4) is 0 Å². The first-order valence-corrected chi connectivity index (χ1v) is 10.7. The molecule has 1 aliphatic rings. The largest absolute Gasteiger partial charge is 0.330 e. The van der Waals surface area contributed by atoms with Crippen molar-refractivity contribution >= 4 is 0 Å². The van der Waals surface area contributed by atoms with Crippen LogP contribution in [0.15, 0.2) is 36.4 Å². The molecule has 3 N–H and O–H groups in total. The lowest BCUT2D eigenvalue weighted by Crippen LogP contribution is -2.27. The SMILES string of the molecule is CC(C)(C)Cc1ccc2c(c1)C(NCCCN)CCC2.Cc1cc(F)cc(F)c1. The number of nitrogens with one attached hydrogen (secondary N) is 1. The van der Waals surface area contributed by atoms with E-state index in [0.29, 0.717) is 17.0 Å². The van der Waals surface area contributed by atoms with Gasteiger partial charge in [-0.2, -0.15) is 0 Å². The fourth-order valence-electron chi connectivity index (χ4n) is 3.85. The van der Waals surface area contributed by atoms with Crippen LogP contribution in [0.25, 0.3) is 0 Å². The molecule has 0 saturated heterocycles. The van der Waals surface area contributed by atoms with Gasteiger partial charge in [-0.1, -0.05) is 39.0 Å². The maximum atomic E-state index is 12.2. The number of rotatable bonds is 5. The zero-order valence-electron chi connectivity index (χ0n) is 18.3. The molecule has 1 atom stereocenters. The van der Waals surface area contributed by atoms with Crippen LogP contribution in [0.4, 0.5) is 8.78 Å². The van der Waals surface area contributed by atoms with Gasteiger partial charge in [0.1, 0.15) is 11.6 Å². The van der Waals surface area contributed by atoms with Crippen LogP contribution in [-0.2, 0) is 12.8 Å². The third-order valence-corrected chi connectivity index (χ3v) is 5.04. The zero-order valence-corrected chi connectivity index (χ0v) is 18.3. The van der Waals surface area contributed by atoms with E-state index in [0.717, 1.165) is 32.0 Å². The summed E-state index contributed by atoms with van der Waals surface area (Å²) in [6.45, 7) is 10.4. The van der Waals surface area contributed by atoms with Crippen molar-refractivity contribution in [3.05, 3.63) is 70.3 Å². The quantitative estimate of drug-likeness (QED) is 0.614. The maximum Gasteiger partial charge on any atom is 0.126 e. The Labute approximate surface area is 174 Å². The topological polar surface area (TPSA) is 38.0 Å². The minimum absolute atomic E-state index is 0.353. The van der Waals surface area contributed by atoms with Crippen LogP contribution in [0, 0.1) is 24.0 Å². The van der Waals surface area contributed by atoms with E-state index in [1.807, 2.05) is 0 Å². The molecule has 1 aliphatic carbocycles. The highest BCUT2D eigenvalue weighted by Crippen LogP contribution is 2.32. The van der Waals surface area contributed by atoms with E-state index in [1.54, 1.807) is 12.5 Å². The summed E-state index contributed by atoms with van der Waals surface area (Å²) in [7, 11) is 0. The van der Waals surface area contributed by atoms with Crippen molar-refractivity contribution < 1.29 is 8.78 Å².